The fourth-order valence-corrected chi connectivity index (χ4v) is 4.00. The molecule has 0 radical (unpaired) electrons. The minimum atomic E-state index is -4.03. The van der Waals surface area contributed by atoms with Gasteiger partial charge in [-0.15, -0.1) is 0 Å². The Hall–Kier alpha value is -2.43. The summed E-state index contributed by atoms with van der Waals surface area (Å²) in [5.74, 6) is 0.0791. The van der Waals surface area contributed by atoms with Gasteiger partial charge in [0.2, 0.25) is 0 Å². The fraction of sp³-hybridized carbons (Fsp3) is 0.0625. The molecule has 1 heterocycles. The van der Waals surface area contributed by atoms with Gasteiger partial charge in [-0.05, 0) is 39.7 Å². The van der Waals surface area contributed by atoms with Crippen LogP contribution in [0.2, 0.25) is 5.02 Å². The normalized spacial score (nSPS) is 11.3. The second kappa shape index (κ2) is 7.67. The zero-order valence-corrected chi connectivity index (χ0v) is 16.7. The van der Waals surface area contributed by atoms with Crippen molar-refractivity contribution in [2.24, 2.45) is 0 Å². The molecule has 11 heteroatoms. The van der Waals surface area contributed by atoms with E-state index in [-0.39, 0.29) is 16.4 Å². The van der Waals surface area contributed by atoms with Crippen molar-refractivity contribution in [1.29, 1.82) is 0 Å². The Morgan fingerprint density at radius 3 is 2.59 bits per heavy atom. The van der Waals surface area contributed by atoms with Crippen LogP contribution in [0.5, 0.6) is 0 Å². The standard InChI is InChI=1S/C16H12BrClN4O4S/c17-15-10-21(9-11-4-6-12(18)7-5-11)19-16(15)20-27(25,26)14-3-1-2-13(8-14)22(23)24/h1-8,10H,9H2,(H,19,20). The topological polar surface area (TPSA) is 107 Å². The lowest BCUT2D eigenvalue weighted by molar-refractivity contribution is -0.385. The zero-order chi connectivity index (χ0) is 19.6. The average molecular weight is 472 g/mol. The maximum absolute atomic E-state index is 12.5. The van der Waals surface area contributed by atoms with Crippen LogP contribution < -0.4 is 4.72 Å². The minimum absolute atomic E-state index is 0.0791. The van der Waals surface area contributed by atoms with E-state index in [1.807, 2.05) is 12.1 Å². The average Bonchev–Trinajstić information content (AvgIpc) is 2.95. The number of nitro benzene ring substituents is 1. The number of benzene rings is 2. The lowest BCUT2D eigenvalue weighted by Crippen LogP contribution is -2.14. The maximum Gasteiger partial charge on any atom is 0.270 e. The van der Waals surface area contributed by atoms with Crippen molar-refractivity contribution in [2.75, 3.05) is 4.72 Å². The molecule has 0 aliphatic rings. The van der Waals surface area contributed by atoms with E-state index in [0.717, 1.165) is 11.6 Å². The number of halogens is 2. The Kier molecular flexibility index (Phi) is 5.49. The summed E-state index contributed by atoms with van der Waals surface area (Å²) in [6.07, 6.45) is 1.62. The second-order valence-electron chi connectivity index (χ2n) is 5.51. The molecule has 1 aromatic heterocycles. The SMILES string of the molecule is O=[N+]([O-])c1cccc(S(=O)(=O)Nc2nn(Cc3ccc(Cl)cc3)cc2Br)c1. The molecular weight excluding hydrogens is 460 g/mol. The van der Waals surface area contributed by atoms with Gasteiger partial charge in [0.1, 0.15) is 0 Å². The number of sulfonamides is 1. The maximum atomic E-state index is 12.5. The predicted octanol–water partition coefficient (Wildman–Crippen LogP) is 4.06. The number of anilines is 1. The molecule has 0 bridgehead atoms. The first-order valence-electron chi connectivity index (χ1n) is 7.49. The van der Waals surface area contributed by atoms with Crippen molar-refractivity contribution in [3.63, 3.8) is 0 Å². The van der Waals surface area contributed by atoms with Crippen LogP contribution in [0.3, 0.4) is 0 Å². The van der Waals surface area contributed by atoms with Gasteiger partial charge in [-0.2, -0.15) is 5.10 Å². The van der Waals surface area contributed by atoms with Crippen LogP contribution in [0.4, 0.5) is 11.5 Å². The molecule has 0 aliphatic heterocycles. The quantitative estimate of drug-likeness (QED) is 0.431. The van der Waals surface area contributed by atoms with Gasteiger partial charge in [0.25, 0.3) is 15.7 Å². The van der Waals surface area contributed by atoms with Crippen LogP contribution in [0.25, 0.3) is 0 Å². The smallest absolute Gasteiger partial charge is 0.265 e. The Balaban J connectivity index is 1.83. The Labute approximate surface area is 168 Å². The number of nitro groups is 1. The monoisotopic (exact) mass is 470 g/mol. The van der Waals surface area contributed by atoms with Crippen LogP contribution in [-0.4, -0.2) is 23.1 Å². The molecule has 3 aromatic rings. The van der Waals surface area contributed by atoms with Gasteiger partial charge in [0.05, 0.1) is 20.8 Å². The number of aromatic nitrogens is 2. The van der Waals surface area contributed by atoms with Gasteiger partial charge in [-0.1, -0.05) is 29.8 Å². The van der Waals surface area contributed by atoms with E-state index in [9.17, 15) is 18.5 Å². The number of non-ortho nitro benzene ring substituents is 1. The van der Waals surface area contributed by atoms with Crippen molar-refractivity contribution in [3.05, 3.63) is 79.9 Å². The summed E-state index contributed by atoms with van der Waals surface area (Å²) in [5.41, 5.74) is 0.618. The summed E-state index contributed by atoms with van der Waals surface area (Å²) in [5, 5.41) is 15.7. The first-order chi connectivity index (χ1) is 12.7. The molecule has 2 aromatic carbocycles. The molecule has 1 N–H and O–H groups in total. The third-order valence-corrected chi connectivity index (χ3v) is 5.71. The molecule has 0 fully saturated rings. The highest BCUT2D eigenvalue weighted by atomic mass is 79.9. The lowest BCUT2D eigenvalue weighted by atomic mass is 10.2. The van der Waals surface area contributed by atoms with E-state index < -0.39 is 14.9 Å². The van der Waals surface area contributed by atoms with Gasteiger partial charge < -0.3 is 0 Å². The largest absolute Gasteiger partial charge is 0.270 e. The van der Waals surface area contributed by atoms with E-state index in [4.69, 9.17) is 11.6 Å². The van der Waals surface area contributed by atoms with Gasteiger partial charge in [-0.3, -0.25) is 19.5 Å². The molecule has 0 atom stereocenters. The highest BCUT2D eigenvalue weighted by Gasteiger charge is 2.20. The van der Waals surface area contributed by atoms with Crippen molar-refractivity contribution in [3.8, 4) is 0 Å². The van der Waals surface area contributed by atoms with Crippen molar-refractivity contribution in [1.82, 2.24) is 9.78 Å². The molecule has 8 nitrogen and oxygen atoms in total. The molecule has 140 valence electrons. The number of nitrogens with zero attached hydrogens (tertiary/aromatic N) is 3. The van der Waals surface area contributed by atoms with Gasteiger partial charge in [0, 0.05) is 23.4 Å². The third-order valence-electron chi connectivity index (χ3n) is 3.54. The first kappa shape index (κ1) is 19.3. The van der Waals surface area contributed by atoms with E-state index >= 15 is 0 Å². The van der Waals surface area contributed by atoms with Crippen LogP contribution in [0, 0.1) is 10.1 Å². The van der Waals surface area contributed by atoms with Gasteiger partial charge in [0.15, 0.2) is 5.82 Å². The van der Waals surface area contributed by atoms with Gasteiger partial charge >= 0.3 is 0 Å². The first-order valence-corrected chi connectivity index (χ1v) is 10.1. The molecular formula is C16H12BrClN4O4S. The predicted molar refractivity (Wildman–Crippen MR) is 104 cm³/mol. The summed E-state index contributed by atoms with van der Waals surface area (Å²) >= 11 is 9.12. The summed E-state index contributed by atoms with van der Waals surface area (Å²) in [7, 11) is -4.03. The third kappa shape index (κ3) is 4.65. The Bertz CT molecular complexity index is 1100. The summed E-state index contributed by atoms with van der Waals surface area (Å²) in [6.45, 7) is 0.411. The number of hydrogen-bond donors (Lipinski definition) is 1. The van der Waals surface area contributed by atoms with E-state index in [1.54, 1.807) is 23.0 Å². The van der Waals surface area contributed by atoms with Crippen molar-refractivity contribution in [2.45, 2.75) is 11.4 Å². The highest BCUT2D eigenvalue weighted by molar-refractivity contribution is 9.10. The molecule has 0 saturated carbocycles. The molecule has 0 spiro atoms. The van der Waals surface area contributed by atoms with E-state index in [1.165, 1.54) is 18.2 Å². The zero-order valence-electron chi connectivity index (χ0n) is 13.5. The summed E-state index contributed by atoms with van der Waals surface area (Å²) < 4.78 is 29.4. The second-order valence-corrected chi connectivity index (χ2v) is 8.48. The lowest BCUT2D eigenvalue weighted by Gasteiger charge is -2.06. The van der Waals surface area contributed by atoms with Gasteiger partial charge in [-0.25, -0.2) is 8.42 Å². The number of hydrogen-bond acceptors (Lipinski definition) is 5. The number of rotatable bonds is 6. The molecule has 0 unspecified atom stereocenters. The summed E-state index contributed by atoms with van der Waals surface area (Å²) in [6, 6.07) is 12.0. The van der Waals surface area contributed by atoms with Crippen LogP contribution >= 0.6 is 27.5 Å². The van der Waals surface area contributed by atoms with E-state index in [2.05, 4.69) is 25.8 Å². The molecule has 3 rings (SSSR count). The van der Waals surface area contributed by atoms with Crippen LogP contribution in [0.15, 0.2) is 64.1 Å². The summed E-state index contributed by atoms with van der Waals surface area (Å²) in [4.78, 5) is 9.97. The Morgan fingerprint density at radius 2 is 1.93 bits per heavy atom. The van der Waals surface area contributed by atoms with Crippen molar-refractivity contribution >= 4 is 49.1 Å². The molecule has 27 heavy (non-hydrogen) atoms. The molecule has 0 saturated heterocycles. The van der Waals surface area contributed by atoms with Crippen LogP contribution in [-0.2, 0) is 16.6 Å². The van der Waals surface area contributed by atoms with Crippen molar-refractivity contribution < 1.29 is 13.3 Å². The molecule has 0 amide bonds. The highest BCUT2D eigenvalue weighted by Crippen LogP contribution is 2.25. The fourth-order valence-electron chi connectivity index (χ4n) is 2.27. The molecule has 0 aliphatic carbocycles. The number of nitrogens with one attached hydrogen (secondary N) is 1. The van der Waals surface area contributed by atoms with Crippen LogP contribution in [0.1, 0.15) is 5.56 Å². The van der Waals surface area contributed by atoms with E-state index in [0.29, 0.717) is 16.0 Å². The minimum Gasteiger partial charge on any atom is -0.265 e. The Morgan fingerprint density at radius 1 is 1.22 bits per heavy atom.